The van der Waals surface area contributed by atoms with E-state index in [2.05, 4.69) is 6.92 Å². The molecule has 0 amide bonds. The lowest BCUT2D eigenvalue weighted by molar-refractivity contribution is 0.209. The molecule has 5 heteroatoms. The van der Waals surface area contributed by atoms with E-state index in [1.807, 2.05) is 18.2 Å². The highest BCUT2D eigenvalue weighted by atomic mass is 31.2. The largest absolute Gasteiger partial charge is 0.492 e. The Kier molecular flexibility index (Phi) is 12.1. The van der Waals surface area contributed by atoms with Gasteiger partial charge in [-0.2, -0.15) is 0 Å². The molecule has 0 radical (unpaired) electrons. The van der Waals surface area contributed by atoms with Crippen LogP contribution in [0.2, 0.25) is 0 Å². The van der Waals surface area contributed by atoms with Crippen LogP contribution < -0.4 is 10.0 Å². The maximum Gasteiger partial charge on any atom is 0.362 e. The van der Waals surface area contributed by atoms with Crippen molar-refractivity contribution in [2.45, 2.75) is 104 Å². The van der Waals surface area contributed by atoms with E-state index in [1.54, 1.807) is 6.92 Å². The molecule has 1 unspecified atom stereocenters. The van der Waals surface area contributed by atoms with Gasteiger partial charge in [-0.1, -0.05) is 77.2 Å². The molecule has 1 N–H and O–H groups in total. The molecule has 0 aromatic heterocycles. The maximum absolute atomic E-state index is 12.8. The van der Waals surface area contributed by atoms with Crippen LogP contribution in [0.3, 0.4) is 0 Å². The van der Waals surface area contributed by atoms with Gasteiger partial charge in [0.05, 0.1) is 13.2 Å². The van der Waals surface area contributed by atoms with Crippen LogP contribution in [0.5, 0.6) is 5.75 Å². The quantitative estimate of drug-likeness (QED) is 0.233. The lowest BCUT2D eigenvalue weighted by Gasteiger charge is -2.23. The predicted molar refractivity (Wildman–Crippen MR) is 126 cm³/mol. The number of hydrogen-bond donors (Lipinski definition) is 1. The Morgan fingerprint density at radius 2 is 1.63 bits per heavy atom. The summed E-state index contributed by atoms with van der Waals surface area (Å²) in [6.45, 7) is 4.82. The Labute approximate surface area is 184 Å². The summed E-state index contributed by atoms with van der Waals surface area (Å²) in [5, 5.41) is 0.331. The normalized spacial score (nSPS) is 17.0. The molecule has 1 aromatic carbocycles. The zero-order valence-corrected chi connectivity index (χ0v) is 20.1. The van der Waals surface area contributed by atoms with Crippen molar-refractivity contribution in [3.05, 3.63) is 23.8 Å². The molecule has 1 fully saturated rings. The number of unbranched alkanes of at least 4 members (excludes halogenated alkanes) is 7. The molecule has 4 nitrogen and oxygen atoms in total. The van der Waals surface area contributed by atoms with Crippen LogP contribution in [0.25, 0.3) is 0 Å². The molecule has 172 valence electrons. The molecule has 0 spiro atoms. The lowest BCUT2D eigenvalue weighted by atomic mass is 9.90. The minimum absolute atomic E-state index is 0.206. The highest BCUT2D eigenvalue weighted by molar-refractivity contribution is 7.61. The van der Waals surface area contributed by atoms with Crippen molar-refractivity contribution in [2.24, 2.45) is 5.92 Å². The third-order valence-electron chi connectivity index (χ3n) is 6.15. The van der Waals surface area contributed by atoms with Gasteiger partial charge in [-0.25, -0.2) is 0 Å². The Morgan fingerprint density at radius 3 is 2.30 bits per heavy atom. The Balaban J connectivity index is 1.91. The molecule has 0 aliphatic heterocycles. The van der Waals surface area contributed by atoms with Crippen LogP contribution in [0.15, 0.2) is 18.2 Å². The van der Waals surface area contributed by atoms with Gasteiger partial charge >= 0.3 is 7.60 Å². The molecule has 0 bridgehead atoms. The molecule has 1 aliphatic carbocycles. The summed E-state index contributed by atoms with van der Waals surface area (Å²) in [6.07, 6.45) is 17.4. The summed E-state index contributed by atoms with van der Waals surface area (Å²) in [7, 11) is -3.86. The van der Waals surface area contributed by atoms with Gasteiger partial charge in [0.1, 0.15) is 11.1 Å². The highest BCUT2D eigenvalue weighted by Crippen LogP contribution is 2.44. The van der Waals surface area contributed by atoms with E-state index in [1.165, 1.54) is 77.0 Å². The van der Waals surface area contributed by atoms with Gasteiger partial charge < -0.3 is 14.2 Å². The monoisotopic (exact) mass is 438 g/mol. The number of ether oxygens (including phenoxy) is 1. The van der Waals surface area contributed by atoms with Gasteiger partial charge in [0.15, 0.2) is 0 Å². The molecule has 30 heavy (non-hydrogen) atoms. The van der Waals surface area contributed by atoms with Crippen LogP contribution in [0.4, 0.5) is 0 Å². The van der Waals surface area contributed by atoms with Crippen molar-refractivity contribution in [2.75, 3.05) is 13.2 Å². The molecule has 1 saturated carbocycles. The summed E-state index contributed by atoms with van der Waals surface area (Å²) >= 11 is 0. The molecule has 2 rings (SSSR count). The highest BCUT2D eigenvalue weighted by Gasteiger charge is 2.27. The van der Waals surface area contributed by atoms with Gasteiger partial charge in [-0.05, 0) is 56.2 Å². The number of benzene rings is 1. The van der Waals surface area contributed by atoms with Crippen molar-refractivity contribution in [1.29, 1.82) is 0 Å². The first-order valence-corrected chi connectivity index (χ1v) is 13.9. The molecular formula is C25H43O4P. The minimum atomic E-state index is -3.86. The van der Waals surface area contributed by atoms with E-state index in [-0.39, 0.29) is 6.61 Å². The molecule has 1 aliphatic rings. The van der Waals surface area contributed by atoms with Crippen molar-refractivity contribution in [3.8, 4) is 5.75 Å². The molecular weight excluding hydrogens is 395 g/mol. The first kappa shape index (κ1) is 25.4. The Bertz CT molecular complexity index is 640. The standard InChI is InChI=1S/C25H43O4P/c1-3-5-6-7-8-9-10-12-15-22-18-19-24(25(20-22)30(26,27)29-4-2)28-21-23-16-13-11-14-17-23/h18-20,23H,3-17,21H2,1-2H3,(H,26,27). The fourth-order valence-electron chi connectivity index (χ4n) is 4.33. The fraction of sp³-hybridized carbons (Fsp3) is 0.760. The minimum Gasteiger partial charge on any atom is -0.492 e. The van der Waals surface area contributed by atoms with Crippen molar-refractivity contribution >= 4 is 12.9 Å². The average Bonchev–Trinajstić information content (AvgIpc) is 2.75. The Morgan fingerprint density at radius 1 is 0.967 bits per heavy atom. The van der Waals surface area contributed by atoms with Crippen molar-refractivity contribution in [1.82, 2.24) is 0 Å². The third kappa shape index (κ3) is 9.12. The molecule has 0 saturated heterocycles. The topological polar surface area (TPSA) is 55.8 Å². The maximum atomic E-state index is 12.8. The summed E-state index contributed by atoms with van der Waals surface area (Å²) in [5.41, 5.74) is 1.09. The van der Waals surface area contributed by atoms with Crippen molar-refractivity contribution < 1.29 is 18.7 Å². The smallest absolute Gasteiger partial charge is 0.362 e. The zero-order valence-electron chi connectivity index (χ0n) is 19.2. The van der Waals surface area contributed by atoms with E-state index < -0.39 is 7.60 Å². The van der Waals surface area contributed by atoms with E-state index in [4.69, 9.17) is 9.26 Å². The summed E-state index contributed by atoms with van der Waals surface area (Å²) in [5.74, 6) is 1.06. The van der Waals surface area contributed by atoms with Gasteiger partial charge in [0.25, 0.3) is 0 Å². The Hall–Kier alpha value is -0.830. The van der Waals surface area contributed by atoms with E-state index in [0.29, 0.717) is 23.6 Å². The third-order valence-corrected chi connectivity index (χ3v) is 7.72. The van der Waals surface area contributed by atoms with Gasteiger partial charge in [-0.3, -0.25) is 4.57 Å². The summed E-state index contributed by atoms with van der Waals surface area (Å²) in [6, 6.07) is 5.76. The van der Waals surface area contributed by atoms with Gasteiger partial charge in [0, 0.05) is 0 Å². The van der Waals surface area contributed by atoms with E-state index >= 15 is 0 Å². The zero-order chi connectivity index (χ0) is 21.7. The number of aryl methyl sites for hydroxylation is 1. The van der Waals surface area contributed by atoms with Crippen LogP contribution in [0.1, 0.15) is 103 Å². The summed E-state index contributed by atoms with van der Waals surface area (Å²) < 4.78 is 24.1. The SMILES string of the molecule is CCCCCCCCCCc1ccc(OCC2CCCCC2)c(P(=O)(O)OCC)c1. The summed E-state index contributed by atoms with van der Waals surface area (Å²) in [4.78, 5) is 10.5. The number of hydrogen-bond acceptors (Lipinski definition) is 3. The second-order valence-corrected chi connectivity index (χ2v) is 10.6. The average molecular weight is 439 g/mol. The second-order valence-electron chi connectivity index (χ2n) is 8.78. The second kappa shape index (κ2) is 14.3. The van der Waals surface area contributed by atoms with Gasteiger partial charge in [0.2, 0.25) is 0 Å². The molecule has 1 aromatic rings. The van der Waals surface area contributed by atoms with Crippen molar-refractivity contribution in [3.63, 3.8) is 0 Å². The molecule has 0 heterocycles. The van der Waals surface area contributed by atoms with Crippen LogP contribution in [0, 0.1) is 5.92 Å². The predicted octanol–water partition coefficient (Wildman–Crippen LogP) is 7.18. The van der Waals surface area contributed by atoms with Crippen LogP contribution in [-0.2, 0) is 15.5 Å². The number of rotatable bonds is 15. The van der Waals surface area contributed by atoms with Gasteiger partial charge in [-0.15, -0.1) is 0 Å². The lowest BCUT2D eigenvalue weighted by Crippen LogP contribution is -2.19. The van der Waals surface area contributed by atoms with E-state index in [0.717, 1.165) is 18.4 Å². The van der Waals surface area contributed by atoms with E-state index in [9.17, 15) is 9.46 Å². The van der Waals surface area contributed by atoms with Crippen LogP contribution >= 0.6 is 7.60 Å². The molecule has 1 atom stereocenters. The fourth-order valence-corrected chi connectivity index (χ4v) is 5.57. The first-order valence-electron chi connectivity index (χ1n) is 12.3. The first-order chi connectivity index (χ1) is 14.6. The van der Waals surface area contributed by atoms with Crippen LogP contribution in [-0.4, -0.2) is 18.1 Å².